The average molecular weight is 363 g/mol. The maximum Gasteiger partial charge on any atom is 0.435 e. The summed E-state index contributed by atoms with van der Waals surface area (Å²) >= 11 is 1.10. The zero-order valence-corrected chi connectivity index (χ0v) is 14.2. The number of benzene rings is 1. The van der Waals surface area contributed by atoms with Gasteiger partial charge in [0.2, 0.25) is 0 Å². The number of nitrogens with two attached hydrogens (primary N) is 1. The lowest BCUT2D eigenvalue weighted by Gasteiger charge is -2.08. The van der Waals surface area contributed by atoms with Gasteiger partial charge in [-0.1, -0.05) is 42.0 Å². The van der Waals surface area contributed by atoms with Gasteiger partial charge in [0.25, 0.3) is 0 Å². The fraction of sp³-hybridized carbons (Fsp3) is 0.167. The van der Waals surface area contributed by atoms with Crippen molar-refractivity contribution in [3.8, 4) is 11.3 Å². The maximum atomic E-state index is 13.2. The second-order valence-electron chi connectivity index (χ2n) is 5.61. The highest BCUT2D eigenvalue weighted by Gasteiger charge is 2.35. The van der Waals surface area contributed by atoms with Crippen LogP contribution in [0.2, 0.25) is 0 Å². The zero-order chi connectivity index (χ0) is 18.0. The highest BCUT2D eigenvalue weighted by atomic mass is 32.2. The summed E-state index contributed by atoms with van der Waals surface area (Å²) in [5, 5.41) is 9.36. The molecule has 0 saturated heterocycles. The summed E-state index contributed by atoms with van der Waals surface area (Å²) in [5.74, 6) is 0. The molecule has 1 aromatic heterocycles. The number of aromatic nitrogens is 2. The standard InChI is InChI=1S/C18H16F3N3S/c1-12-5-7-13(8-6-12)16-11-17(18(19,20)21)23-24(16)14-3-2-4-15(25-22)10-9-14/h3-11H,2,22H2,1H3. The van der Waals surface area contributed by atoms with Crippen LogP contribution in [0.5, 0.6) is 0 Å². The fourth-order valence-electron chi connectivity index (χ4n) is 2.49. The van der Waals surface area contributed by atoms with Crippen LogP contribution >= 0.6 is 11.9 Å². The Balaban J connectivity index is 2.10. The van der Waals surface area contributed by atoms with Crippen molar-refractivity contribution >= 4 is 17.6 Å². The molecule has 0 fully saturated rings. The topological polar surface area (TPSA) is 43.8 Å². The Labute approximate surface area is 147 Å². The number of hydrogen-bond donors (Lipinski definition) is 1. The van der Waals surface area contributed by atoms with E-state index in [9.17, 15) is 13.2 Å². The largest absolute Gasteiger partial charge is 0.435 e. The van der Waals surface area contributed by atoms with Crippen LogP contribution in [0.15, 0.2) is 59.5 Å². The van der Waals surface area contributed by atoms with Crippen LogP contribution in [0.4, 0.5) is 13.2 Å². The van der Waals surface area contributed by atoms with Crippen LogP contribution in [-0.2, 0) is 6.18 Å². The van der Waals surface area contributed by atoms with Gasteiger partial charge in [-0.05, 0) is 43.5 Å². The molecule has 0 atom stereocenters. The van der Waals surface area contributed by atoms with Crippen molar-refractivity contribution in [3.63, 3.8) is 0 Å². The van der Waals surface area contributed by atoms with Crippen molar-refractivity contribution in [3.05, 3.63) is 70.8 Å². The first kappa shape index (κ1) is 17.6. The molecule has 0 unspecified atom stereocenters. The Bertz CT molecular complexity index is 859. The van der Waals surface area contributed by atoms with Crippen molar-refractivity contribution < 1.29 is 13.2 Å². The summed E-state index contributed by atoms with van der Waals surface area (Å²) in [6, 6.07) is 8.40. The molecule has 0 radical (unpaired) electrons. The van der Waals surface area contributed by atoms with E-state index in [1.165, 1.54) is 4.68 Å². The molecule has 1 aliphatic carbocycles. The van der Waals surface area contributed by atoms with Gasteiger partial charge in [-0.25, -0.2) is 4.68 Å². The minimum atomic E-state index is -4.50. The Morgan fingerprint density at radius 3 is 2.48 bits per heavy atom. The molecule has 7 heteroatoms. The predicted octanol–water partition coefficient (Wildman–Crippen LogP) is 5.17. The van der Waals surface area contributed by atoms with Crippen LogP contribution in [0.3, 0.4) is 0 Å². The SMILES string of the molecule is Cc1ccc(-c2cc(C(F)(F)F)nn2C2=CCC=C(SN)C=C2)cc1. The molecule has 2 aromatic rings. The van der Waals surface area contributed by atoms with Gasteiger partial charge in [-0.3, -0.25) is 5.14 Å². The smallest absolute Gasteiger partial charge is 0.274 e. The number of hydrogen-bond acceptors (Lipinski definition) is 3. The van der Waals surface area contributed by atoms with Gasteiger partial charge in [0.1, 0.15) is 0 Å². The minimum absolute atomic E-state index is 0.395. The lowest BCUT2D eigenvalue weighted by atomic mass is 10.1. The predicted molar refractivity (Wildman–Crippen MR) is 95.3 cm³/mol. The van der Waals surface area contributed by atoms with E-state index in [2.05, 4.69) is 5.10 Å². The molecule has 130 valence electrons. The average Bonchev–Trinajstić information content (AvgIpc) is 2.89. The second-order valence-corrected chi connectivity index (χ2v) is 6.32. The minimum Gasteiger partial charge on any atom is -0.274 e. The fourth-order valence-corrected chi connectivity index (χ4v) is 2.83. The normalized spacial score (nSPS) is 14.9. The third kappa shape index (κ3) is 3.88. The first-order valence-corrected chi connectivity index (χ1v) is 8.46. The second kappa shape index (κ2) is 6.93. The first-order chi connectivity index (χ1) is 11.9. The van der Waals surface area contributed by atoms with Crippen LogP contribution in [-0.4, -0.2) is 9.78 Å². The van der Waals surface area contributed by atoms with Gasteiger partial charge < -0.3 is 0 Å². The summed E-state index contributed by atoms with van der Waals surface area (Å²) < 4.78 is 40.9. The van der Waals surface area contributed by atoms with Crippen LogP contribution in [0.1, 0.15) is 17.7 Å². The molecule has 2 N–H and O–H groups in total. The van der Waals surface area contributed by atoms with Crippen molar-refractivity contribution in [2.24, 2.45) is 5.14 Å². The Morgan fingerprint density at radius 1 is 1.12 bits per heavy atom. The van der Waals surface area contributed by atoms with Crippen LogP contribution in [0, 0.1) is 6.92 Å². The maximum absolute atomic E-state index is 13.2. The number of nitrogens with zero attached hydrogens (tertiary/aromatic N) is 2. The van der Waals surface area contributed by atoms with Crippen LogP contribution in [0.25, 0.3) is 17.0 Å². The highest BCUT2D eigenvalue weighted by molar-refractivity contribution is 8.01. The molecule has 3 nitrogen and oxygen atoms in total. The Hall–Kier alpha value is -2.25. The first-order valence-electron chi connectivity index (χ1n) is 7.58. The van der Waals surface area contributed by atoms with E-state index in [-0.39, 0.29) is 0 Å². The lowest BCUT2D eigenvalue weighted by Crippen LogP contribution is -2.07. The molecule has 1 aliphatic rings. The van der Waals surface area contributed by atoms with E-state index in [0.717, 1.165) is 28.5 Å². The van der Waals surface area contributed by atoms with E-state index in [1.807, 2.05) is 31.2 Å². The summed E-state index contributed by atoms with van der Waals surface area (Å²) in [4.78, 5) is 0.853. The highest BCUT2D eigenvalue weighted by Crippen LogP contribution is 2.34. The van der Waals surface area contributed by atoms with E-state index in [0.29, 0.717) is 23.4 Å². The molecular formula is C18H16F3N3S. The molecular weight excluding hydrogens is 347 g/mol. The summed E-state index contributed by atoms with van der Waals surface area (Å²) in [6.45, 7) is 1.93. The Morgan fingerprint density at radius 2 is 1.84 bits per heavy atom. The van der Waals surface area contributed by atoms with Gasteiger partial charge >= 0.3 is 6.18 Å². The van der Waals surface area contributed by atoms with E-state index in [4.69, 9.17) is 5.14 Å². The van der Waals surface area contributed by atoms with Gasteiger partial charge in [-0.2, -0.15) is 18.3 Å². The molecule has 3 rings (SSSR count). The molecule has 25 heavy (non-hydrogen) atoms. The monoisotopic (exact) mass is 363 g/mol. The van der Waals surface area contributed by atoms with E-state index < -0.39 is 11.9 Å². The number of aryl methyl sites for hydroxylation is 1. The molecule has 0 saturated carbocycles. The Kier molecular flexibility index (Phi) is 4.87. The van der Waals surface area contributed by atoms with Crippen molar-refractivity contribution in [2.75, 3.05) is 0 Å². The quantitative estimate of drug-likeness (QED) is 0.765. The molecule has 0 spiro atoms. The molecule has 0 amide bonds. The van der Waals surface area contributed by atoms with E-state index in [1.54, 1.807) is 24.3 Å². The van der Waals surface area contributed by atoms with Gasteiger partial charge in [0.05, 0.1) is 11.4 Å². The van der Waals surface area contributed by atoms with Gasteiger partial charge in [0.15, 0.2) is 5.69 Å². The molecule has 1 heterocycles. The number of alkyl halides is 3. The van der Waals surface area contributed by atoms with E-state index >= 15 is 0 Å². The third-order valence-electron chi connectivity index (χ3n) is 3.79. The number of rotatable bonds is 3. The third-order valence-corrected chi connectivity index (χ3v) is 4.37. The van der Waals surface area contributed by atoms with Gasteiger partial charge in [-0.15, -0.1) is 0 Å². The summed E-state index contributed by atoms with van der Waals surface area (Å²) in [7, 11) is 0. The van der Waals surface area contributed by atoms with Crippen LogP contribution < -0.4 is 5.14 Å². The molecule has 0 bridgehead atoms. The summed E-state index contributed by atoms with van der Waals surface area (Å²) in [5.41, 5.74) is 1.77. The van der Waals surface area contributed by atoms with Gasteiger partial charge in [0, 0.05) is 10.5 Å². The summed E-state index contributed by atoms with van der Waals surface area (Å²) in [6.07, 6.45) is 3.30. The number of halogens is 3. The molecule has 1 aromatic carbocycles. The number of allylic oxidation sites excluding steroid dienone is 5. The molecule has 0 aliphatic heterocycles. The van der Waals surface area contributed by atoms with Crippen molar-refractivity contribution in [2.45, 2.75) is 19.5 Å². The van der Waals surface area contributed by atoms with Crippen molar-refractivity contribution in [1.82, 2.24) is 9.78 Å². The van der Waals surface area contributed by atoms with Crippen molar-refractivity contribution in [1.29, 1.82) is 0 Å². The zero-order valence-electron chi connectivity index (χ0n) is 13.4. The lowest BCUT2D eigenvalue weighted by molar-refractivity contribution is -0.141.